The molecule has 6 heteroatoms. The molecule has 1 aromatic heterocycles. The first-order valence-corrected chi connectivity index (χ1v) is 6.83. The van der Waals surface area contributed by atoms with Crippen LogP contribution >= 0.6 is 0 Å². The summed E-state index contributed by atoms with van der Waals surface area (Å²) in [6.07, 6.45) is 0.760. The fraction of sp³-hybridized carbons (Fsp3) is 0.333. The van der Waals surface area contributed by atoms with Gasteiger partial charge in [0.25, 0.3) is 0 Å². The molecule has 2 heterocycles. The number of ether oxygens (including phenoxy) is 3. The van der Waals surface area contributed by atoms with Crippen LogP contribution in [0.1, 0.15) is 18.3 Å². The number of anilines is 1. The molecule has 0 spiro atoms. The summed E-state index contributed by atoms with van der Waals surface area (Å²) >= 11 is 0. The van der Waals surface area contributed by atoms with Crippen molar-refractivity contribution in [2.75, 3.05) is 19.2 Å². The lowest BCUT2D eigenvalue weighted by Gasteiger charge is -2.09. The molecule has 0 saturated heterocycles. The molecule has 0 bridgehead atoms. The summed E-state index contributed by atoms with van der Waals surface area (Å²) in [7, 11) is 1.60. The first-order valence-electron chi connectivity index (χ1n) is 6.83. The quantitative estimate of drug-likeness (QED) is 0.911. The number of rotatable bonds is 5. The van der Waals surface area contributed by atoms with E-state index >= 15 is 0 Å². The van der Waals surface area contributed by atoms with E-state index in [1.54, 1.807) is 13.2 Å². The van der Waals surface area contributed by atoms with Gasteiger partial charge in [0.1, 0.15) is 11.6 Å². The number of hydrogen-bond donors (Lipinski definition) is 1. The van der Waals surface area contributed by atoms with Crippen LogP contribution < -0.4 is 19.5 Å². The van der Waals surface area contributed by atoms with Gasteiger partial charge in [0.15, 0.2) is 11.5 Å². The van der Waals surface area contributed by atoms with Crippen molar-refractivity contribution in [1.82, 2.24) is 9.97 Å². The van der Waals surface area contributed by atoms with Gasteiger partial charge in [-0.1, -0.05) is 13.0 Å². The van der Waals surface area contributed by atoms with Crippen molar-refractivity contribution in [2.45, 2.75) is 19.9 Å². The summed E-state index contributed by atoms with van der Waals surface area (Å²) in [5.41, 5.74) is 1.09. The molecule has 3 rings (SSSR count). The maximum atomic E-state index is 5.37. The SMILES string of the molecule is CCc1nc(NCc2ccc3c(c2)OCO3)cc(OC)n1. The average Bonchev–Trinajstić information content (AvgIpc) is 3.00. The molecule has 110 valence electrons. The van der Waals surface area contributed by atoms with E-state index < -0.39 is 0 Å². The van der Waals surface area contributed by atoms with Gasteiger partial charge in [-0.25, -0.2) is 4.98 Å². The number of nitrogens with one attached hydrogen (secondary N) is 1. The minimum Gasteiger partial charge on any atom is -0.481 e. The fourth-order valence-electron chi connectivity index (χ4n) is 2.07. The van der Waals surface area contributed by atoms with Crippen LogP contribution in [-0.2, 0) is 13.0 Å². The Morgan fingerprint density at radius 2 is 2.05 bits per heavy atom. The Hall–Kier alpha value is -2.50. The Morgan fingerprint density at radius 3 is 2.86 bits per heavy atom. The largest absolute Gasteiger partial charge is 0.481 e. The van der Waals surface area contributed by atoms with E-state index in [4.69, 9.17) is 14.2 Å². The molecule has 0 unspecified atom stereocenters. The lowest BCUT2D eigenvalue weighted by atomic mass is 10.2. The molecule has 0 aliphatic carbocycles. The number of methoxy groups -OCH3 is 1. The van der Waals surface area contributed by atoms with Gasteiger partial charge in [-0.2, -0.15) is 4.98 Å². The van der Waals surface area contributed by atoms with E-state index in [2.05, 4.69) is 15.3 Å². The van der Waals surface area contributed by atoms with Gasteiger partial charge in [0.05, 0.1) is 7.11 Å². The lowest BCUT2D eigenvalue weighted by molar-refractivity contribution is 0.174. The van der Waals surface area contributed by atoms with E-state index in [0.29, 0.717) is 12.4 Å². The number of hydrogen-bond acceptors (Lipinski definition) is 6. The van der Waals surface area contributed by atoms with Crippen molar-refractivity contribution >= 4 is 5.82 Å². The molecule has 6 nitrogen and oxygen atoms in total. The molecule has 21 heavy (non-hydrogen) atoms. The Balaban J connectivity index is 1.72. The van der Waals surface area contributed by atoms with Crippen molar-refractivity contribution in [3.8, 4) is 17.4 Å². The molecule has 1 aromatic carbocycles. The van der Waals surface area contributed by atoms with Crippen molar-refractivity contribution < 1.29 is 14.2 Å². The fourth-order valence-corrected chi connectivity index (χ4v) is 2.07. The molecule has 0 amide bonds. The zero-order valence-electron chi connectivity index (χ0n) is 12.0. The van der Waals surface area contributed by atoms with E-state index in [1.165, 1.54) is 0 Å². The van der Waals surface area contributed by atoms with Gasteiger partial charge >= 0.3 is 0 Å². The monoisotopic (exact) mass is 287 g/mol. The second-order valence-corrected chi connectivity index (χ2v) is 4.61. The smallest absolute Gasteiger partial charge is 0.231 e. The topological polar surface area (TPSA) is 65.5 Å². The van der Waals surface area contributed by atoms with E-state index in [1.807, 2.05) is 25.1 Å². The van der Waals surface area contributed by atoms with Crippen LogP contribution in [-0.4, -0.2) is 23.9 Å². The maximum absolute atomic E-state index is 5.37. The summed E-state index contributed by atoms with van der Waals surface area (Å²) in [6, 6.07) is 7.66. The molecular formula is C15H17N3O3. The minimum atomic E-state index is 0.287. The predicted molar refractivity (Wildman–Crippen MR) is 77.9 cm³/mol. The van der Waals surface area contributed by atoms with Crippen molar-refractivity contribution in [1.29, 1.82) is 0 Å². The van der Waals surface area contributed by atoms with Crippen LogP contribution in [0.15, 0.2) is 24.3 Å². The zero-order valence-corrected chi connectivity index (χ0v) is 12.0. The number of aryl methyl sites for hydroxylation is 1. The van der Waals surface area contributed by atoms with Gasteiger partial charge in [-0.3, -0.25) is 0 Å². The number of nitrogens with zero attached hydrogens (tertiary/aromatic N) is 2. The Kier molecular flexibility index (Phi) is 3.77. The minimum absolute atomic E-state index is 0.287. The van der Waals surface area contributed by atoms with E-state index in [-0.39, 0.29) is 6.79 Å². The summed E-state index contributed by atoms with van der Waals surface area (Å²) < 4.78 is 15.8. The molecule has 2 aromatic rings. The molecule has 1 N–H and O–H groups in total. The average molecular weight is 287 g/mol. The van der Waals surface area contributed by atoms with Crippen LogP contribution in [0.2, 0.25) is 0 Å². The summed E-state index contributed by atoms with van der Waals surface area (Å²) in [4.78, 5) is 8.69. The molecule has 0 atom stereocenters. The zero-order chi connectivity index (χ0) is 14.7. The molecule has 0 fully saturated rings. The van der Waals surface area contributed by atoms with Gasteiger partial charge in [0.2, 0.25) is 12.7 Å². The number of benzene rings is 1. The summed E-state index contributed by atoms with van der Waals surface area (Å²) in [5.74, 6) is 3.63. The van der Waals surface area contributed by atoms with Gasteiger partial charge < -0.3 is 19.5 Å². The summed E-state index contributed by atoms with van der Waals surface area (Å²) in [5, 5.41) is 3.27. The normalized spacial score (nSPS) is 12.3. The van der Waals surface area contributed by atoms with Crippen LogP contribution in [0.4, 0.5) is 5.82 Å². The molecular weight excluding hydrogens is 270 g/mol. The maximum Gasteiger partial charge on any atom is 0.231 e. The van der Waals surface area contributed by atoms with E-state index in [0.717, 1.165) is 35.1 Å². The van der Waals surface area contributed by atoms with Crippen molar-refractivity contribution in [3.05, 3.63) is 35.7 Å². The first-order chi connectivity index (χ1) is 10.3. The first kappa shape index (κ1) is 13.5. The Morgan fingerprint density at radius 1 is 1.19 bits per heavy atom. The number of fused-ring (bicyclic) bond motifs is 1. The highest BCUT2D eigenvalue weighted by Crippen LogP contribution is 2.32. The van der Waals surface area contributed by atoms with E-state index in [9.17, 15) is 0 Å². The number of aromatic nitrogens is 2. The van der Waals surface area contributed by atoms with Crippen LogP contribution in [0.5, 0.6) is 17.4 Å². The molecule has 1 aliphatic heterocycles. The molecule has 0 saturated carbocycles. The predicted octanol–water partition coefficient (Wildman–Crippen LogP) is 2.39. The highest BCUT2D eigenvalue weighted by molar-refractivity contribution is 5.46. The summed E-state index contributed by atoms with van der Waals surface area (Å²) in [6.45, 7) is 2.94. The third kappa shape index (κ3) is 2.99. The second kappa shape index (κ2) is 5.87. The highest BCUT2D eigenvalue weighted by Gasteiger charge is 2.13. The van der Waals surface area contributed by atoms with Crippen LogP contribution in [0.3, 0.4) is 0 Å². The van der Waals surface area contributed by atoms with Gasteiger partial charge in [-0.15, -0.1) is 0 Å². The molecule has 0 radical (unpaired) electrons. The van der Waals surface area contributed by atoms with Crippen LogP contribution in [0.25, 0.3) is 0 Å². The lowest BCUT2D eigenvalue weighted by Crippen LogP contribution is -2.05. The second-order valence-electron chi connectivity index (χ2n) is 4.61. The standard InChI is InChI=1S/C15H17N3O3/c1-3-13-17-14(7-15(18-13)19-2)16-8-10-4-5-11-12(6-10)21-9-20-11/h4-7H,3,8-9H2,1-2H3,(H,16,17,18). The highest BCUT2D eigenvalue weighted by atomic mass is 16.7. The third-order valence-electron chi connectivity index (χ3n) is 3.18. The van der Waals surface area contributed by atoms with Crippen molar-refractivity contribution in [3.63, 3.8) is 0 Å². The van der Waals surface area contributed by atoms with Crippen molar-refractivity contribution in [2.24, 2.45) is 0 Å². The third-order valence-corrected chi connectivity index (χ3v) is 3.18. The molecule has 1 aliphatic rings. The van der Waals surface area contributed by atoms with Gasteiger partial charge in [0, 0.05) is 19.0 Å². The van der Waals surface area contributed by atoms with Crippen LogP contribution in [0, 0.1) is 0 Å². The Labute approximate surface area is 123 Å². The Bertz CT molecular complexity index is 624. The van der Waals surface area contributed by atoms with Gasteiger partial charge in [-0.05, 0) is 17.7 Å².